The molecule has 4 aliphatic rings. The third kappa shape index (κ3) is 5.94. The Labute approximate surface area is 309 Å². The van der Waals surface area contributed by atoms with E-state index in [0.717, 1.165) is 64.5 Å². The second-order valence-corrected chi connectivity index (χ2v) is 14.6. The molecule has 2 aromatic carbocycles. The van der Waals surface area contributed by atoms with Crippen LogP contribution < -0.4 is 19.7 Å². The maximum absolute atomic E-state index is 17.2. The Morgan fingerprint density at radius 2 is 1.91 bits per heavy atom. The van der Waals surface area contributed by atoms with Gasteiger partial charge in [0.05, 0.1) is 22.2 Å². The van der Waals surface area contributed by atoms with Gasteiger partial charge in [0.15, 0.2) is 5.82 Å². The first kappa shape index (κ1) is 34.6. The van der Waals surface area contributed by atoms with E-state index < -0.39 is 18.1 Å². The van der Waals surface area contributed by atoms with Crippen LogP contribution in [0.5, 0.6) is 11.9 Å². The number of nitrogens with zero attached hydrogens (tertiary/aromatic N) is 7. The first-order chi connectivity index (χ1) is 26.3. The number of anilines is 1. The summed E-state index contributed by atoms with van der Waals surface area (Å²) in [6.45, 7) is 3.60. The van der Waals surface area contributed by atoms with Crippen molar-refractivity contribution >= 4 is 27.5 Å². The zero-order valence-electron chi connectivity index (χ0n) is 29.5. The third-order valence-electron chi connectivity index (χ3n) is 11.6. The number of rotatable bonds is 8. The van der Waals surface area contributed by atoms with Gasteiger partial charge in [-0.2, -0.15) is 9.97 Å². The summed E-state index contributed by atoms with van der Waals surface area (Å²) >= 11 is 0. The molecule has 0 radical (unpaired) electrons. The highest BCUT2D eigenvalue weighted by Gasteiger charge is 2.50. The van der Waals surface area contributed by atoms with Gasteiger partial charge >= 0.3 is 6.01 Å². The van der Waals surface area contributed by atoms with Crippen LogP contribution in [0.1, 0.15) is 61.9 Å². The van der Waals surface area contributed by atoms with Gasteiger partial charge in [0.25, 0.3) is 6.43 Å². The molecule has 0 aliphatic carbocycles. The lowest BCUT2D eigenvalue weighted by molar-refractivity contribution is 0.0677. The molecule has 3 fully saturated rings. The van der Waals surface area contributed by atoms with Crippen molar-refractivity contribution in [2.45, 2.75) is 69.0 Å². The van der Waals surface area contributed by atoms with Gasteiger partial charge in [-0.15, -0.1) is 6.42 Å². The fourth-order valence-electron chi connectivity index (χ4n) is 9.05. The maximum atomic E-state index is 17.2. The van der Waals surface area contributed by atoms with Gasteiger partial charge in [-0.25, -0.2) is 32.5 Å². The minimum absolute atomic E-state index is 0.0284. The summed E-state index contributed by atoms with van der Waals surface area (Å²) in [5.41, 5.74) is 0.600. The normalized spacial score (nSPS) is 22.6. The Kier molecular flexibility index (Phi) is 8.94. The van der Waals surface area contributed by atoms with Crippen molar-refractivity contribution in [2.24, 2.45) is 0 Å². The number of ether oxygens (including phenoxy) is 2. The number of fused-ring (bicyclic) bond motifs is 4. The summed E-state index contributed by atoms with van der Waals surface area (Å²) in [7, 11) is 0. The van der Waals surface area contributed by atoms with Crippen LogP contribution in [0.25, 0.3) is 32.9 Å². The molecule has 54 heavy (non-hydrogen) atoms. The molecule has 14 heteroatoms. The van der Waals surface area contributed by atoms with Gasteiger partial charge in [0.1, 0.15) is 48.1 Å². The van der Waals surface area contributed by atoms with Crippen LogP contribution in [0.4, 0.5) is 23.4 Å². The second-order valence-electron chi connectivity index (χ2n) is 14.6. The van der Waals surface area contributed by atoms with Crippen LogP contribution in [-0.4, -0.2) is 86.8 Å². The zero-order chi connectivity index (χ0) is 37.0. The SMILES string of the molecule is C#Cc1c(F)ccc2cccc(-c3nc4c5c(nc(OC[C@@]67CCCN6[C@H](COc6cc(C(F)F)ncn6)CC7)nc5c3F)N3CCNC[C@H]3CCC4)c12. The zero-order valence-corrected chi connectivity index (χ0v) is 29.5. The molecule has 3 saturated heterocycles. The van der Waals surface area contributed by atoms with E-state index in [1.165, 1.54) is 12.1 Å². The van der Waals surface area contributed by atoms with E-state index in [9.17, 15) is 8.78 Å². The number of aromatic nitrogens is 5. The Hall–Kier alpha value is -5.13. The van der Waals surface area contributed by atoms with Crippen molar-refractivity contribution in [3.8, 4) is 35.5 Å². The van der Waals surface area contributed by atoms with Gasteiger partial charge in [-0.1, -0.05) is 30.2 Å². The lowest BCUT2D eigenvalue weighted by Gasteiger charge is -2.39. The highest BCUT2D eigenvalue weighted by Crippen LogP contribution is 2.44. The van der Waals surface area contributed by atoms with Crippen molar-refractivity contribution in [1.82, 2.24) is 35.1 Å². The Morgan fingerprint density at radius 1 is 1.00 bits per heavy atom. The summed E-state index contributed by atoms with van der Waals surface area (Å²) in [6.07, 6.45) is 9.97. The number of piperazine rings is 1. The molecule has 0 amide bonds. The molecule has 0 spiro atoms. The summed E-state index contributed by atoms with van der Waals surface area (Å²) < 4.78 is 71.1. The topological polar surface area (TPSA) is 101 Å². The summed E-state index contributed by atoms with van der Waals surface area (Å²) in [4.78, 5) is 27.0. The predicted molar refractivity (Wildman–Crippen MR) is 195 cm³/mol. The molecule has 3 atom stereocenters. The molecule has 4 aliphatic heterocycles. The summed E-state index contributed by atoms with van der Waals surface area (Å²) in [5.74, 6) is 1.98. The van der Waals surface area contributed by atoms with Crippen LogP contribution in [0.3, 0.4) is 0 Å². The minimum Gasteiger partial charge on any atom is -0.476 e. The summed E-state index contributed by atoms with van der Waals surface area (Å²) in [6, 6.07) is 9.72. The van der Waals surface area contributed by atoms with E-state index in [2.05, 4.69) is 31.0 Å². The van der Waals surface area contributed by atoms with Crippen LogP contribution >= 0.6 is 0 Å². The highest BCUT2D eigenvalue weighted by molar-refractivity contribution is 6.02. The number of benzene rings is 2. The van der Waals surface area contributed by atoms with Gasteiger partial charge in [0.2, 0.25) is 5.88 Å². The molecule has 1 N–H and O–H groups in total. The maximum Gasteiger partial charge on any atom is 0.319 e. The lowest BCUT2D eigenvalue weighted by Crippen LogP contribution is -2.52. The second kappa shape index (κ2) is 13.9. The van der Waals surface area contributed by atoms with E-state index in [0.29, 0.717) is 46.2 Å². The number of aryl methyl sites for hydroxylation is 1. The average Bonchev–Trinajstić information content (AvgIpc) is 3.76. The van der Waals surface area contributed by atoms with Crippen molar-refractivity contribution in [1.29, 1.82) is 0 Å². The molecule has 5 aromatic rings. The number of halogens is 4. The molecule has 0 saturated carbocycles. The van der Waals surface area contributed by atoms with Gasteiger partial charge in [0, 0.05) is 48.7 Å². The number of nitrogens with one attached hydrogen (secondary N) is 1. The fraction of sp³-hybridized carbons (Fsp3) is 0.425. The van der Waals surface area contributed by atoms with Gasteiger partial charge in [-0.3, -0.25) is 4.90 Å². The Balaban J connectivity index is 1.08. The van der Waals surface area contributed by atoms with Crippen molar-refractivity contribution in [3.05, 3.63) is 71.3 Å². The van der Waals surface area contributed by atoms with Crippen LogP contribution in [0, 0.1) is 24.0 Å². The fourth-order valence-corrected chi connectivity index (χ4v) is 9.05. The standard InChI is InChI=1S/C40H38F4N8O2/c1-2-26-28(41)11-10-23-6-3-8-27(32(23)26)35-34(42)36-33-29(48-35)9-4-7-24-19-45-15-17-51(24)38(33)50-39(49-36)54-21-40-13-5-16-52(40)25(12-14-40)20-53-31-18-30(37(43)44)46-22-47-31/h1,3,6,8,10-11,18,22,24-25,37,45H,4-5,7,9,12-17,19-21H2/t24-,25+,40+/m1/s1. The first-order valence-corrected chi connectivity index (χ1v) is 18.5. The number of alkyl halides is 2. The van der Waals surface area contributed by atoms with E-state index in [4.69, 9.17) is 30.8 Å². The van der Waals surface area contributed by atoms with Crippen LogP contribution in [-0.2, 0) is 6.42 Å². The quantitative estimate of drug-likeness (QED) is 0.142. The minimum atomic E-state index is -2.71. The Morgan fingerprint density at radius 3 is 2.78 bits per heavy atom. The molecular weight excluding hydrogens is 700 g/mol. The number of hydrogen-bond acceptors (Lipinski definition) is 10. The average molecular weight is 739 g/mol. The van der Waals surface area contributed by atoms with Gasteiger partial charge < -0.3 is 19.7 Å². The van der Waals surface area contributed by atoms with Crippen LogP contribution in [0.15, 0.2) is 42.7 Å². The number of hydrogen-bond donors (Lipinski definition) is 1. The Bertz CT molecular complexity index is 2300. The van der Waals surface area contributed by atoms with E-state index in [-0.39, 0.29) is 65.2 Å². The predicted octanol–water partition coefficient (Wildman–Crippen LogP) is 6.40. The molecule has 9 rings (SSSR count). The third-order valence-corrected chi connectivity index (χ3v) is 11.6. The molecule has 3 aromatic heterocycles. The molecular formula is C40H38F4N8O2. The molecule has 278 valence electrons. The van der Waals surface area contributed by atoms with E-state index in [1.54, 1.807) is 18.2 Å². The largest absolute Gasteiger partial charge is 0.476 e. The molecule has 7 heterocycles. The van der Waals surface area contributed by atoms with Crippen molar-refractivity contribution in [3.63, 3.8) is 0 Å². The van der Waals surface area contributed by atoms with Crippen molar-refractivity contribution in [2.75, 3.05) is 44.3 Å². The number of pyridine rings is 1. The highest BCUT2D eigenvalue weighted by atomic mass is 19.3. The molecule has 0 unspecified atom stereocenters. The first-order valence-electron chi connectivity index (χ1n) is 18.5. The summed E-state index contributed by atoms with van der Waals surface area (Å²) in [5, 5.41) is 5.15. The molecule has 0 bridgehead atoms. The smallest absolute Gasteiger partial charge is 0.319 e. The van der Waals surface area contributed by atoms with Gasteiger partial charge in [-0.05, 0) is 62.9 Å². The number of terminal acetylenes is 1. The van der Waals surface area contributed by atoms with E-state index in [1.807, 2.05) is 6.07 Å². The van der Waals surface area contributed by atoms with E-state index >= 15 is 8.78 Å². The molecule has 10 nitrogen and oxygen atoms in total. The lowest BCUT2D eigenvalue weighted by atomic mass is 9.94. The van der Waals surface area contributed by atoms with Crippen LogP contribution in [0.2, 0.25) is 0 Å². The monoisotopic (exact) mass is 738 g/mol. The van der Waals surface area contributed by atoms with Crippen molar-refractivity contribution < 1.29 is 27.0 Å².